The van der Waals surface area contributed by atoms with Gasteiger partial charge in [0.25, 0.3) is 0 Å². The van der Waals surface area contributed by atoms with Crippen molar-refractivity contribution in [2.75, 3.05) is 0 Å². The molecule has 0 radical (unpaired) electrons. The lowest BCUT2D eigenvalue weighted by molar-refractivity contribution is -0.886. The molecule has 0 amide bonds. The van der Waals surface area contributed by atoms with E-state index in [0.717, 1.165) is 6.42 Å². The largest absolute Gasteiger partial charge is 0.506 e. The molecule has 2 aliphatic rings. The predicted octanol–water partition coefficient (Wildman–Crippen LogP) is 0.599. The van der Waals surface area contributed by atoms with E-state index in [1.807, 2.05) is 22.5 Å². The van der Waals surface area contributed by atoms with Gasteiger partial charge in [-0.3, -0.25) is 0 Å². The van der Waals surface area contributed by atoms with Gasteiger partial charge in [0, 0.05) is 16.3 Å². The first-order chi connectivity index (χ1) is 7.84. The van der Waals surface area contributed by atoms with Crippen LogP contribution >= 0.6 is 0 Å². The number of benzene rings is 1. The van der Waals surface area contributed by atoms with Gasteiger partial charge in [0.15, 0.2) is 5.11 Å². The summed E-state index contributed by atoms with van der Waals surface area (Å²) in [7, 11) is 1.89. The fourth-order valence-corrected chi connectivity index (χ4v) is 2.47. The molecule has 2 aliphatic heterocycles. The summed E-state index contributed by atoms with van der Waals surface area (Å²) >= 11 is 0. The summed E-state index contributed by atoms with van der Waals surface area (Å²) in [6.45, 7) is 0. The van der Waals surface area contributed by atoms with Gasteiger partial charge in [0.2, 0.25) is 5.69 Å². The van der Waals surface area contributed by atoms with E-state index in [9.17, 15) is 0 Å². The topological polar surface area (TPSA) is 50.0 Å². The molecule has 16 heavy (non-hydrogen) atoms. The molecule has 0 saturated heterocycles. The van der Waals surface area contributed by atoms with Crippen molar-refractivity contribution in [3.05, 3.63) is 29.8 Å². The molecule has 1 aromatic carbocycles. The molecule has 0 N–H and O–H groups in total. The maximum atomic E-state index is 4.48. The molecule has 78 valence electrons. The van der Waals surface area contributed by atoms with E-state index in [0.29, 0.717) is 5.95 Å². The second kappa shape index (κ2) is 2.52. The number of rotatable bonds is 0. The summed E-state index contributed by atoms with van der Waals surface area (Å²) in [6, 6.07) is 8.34. The second-order valence-electron chi connectivity index (χ2n) is 4.08. The van der Waals surface area contributed by atoms with Crippen LogP contribution in [0.2, 0.25) is 0 Å². The minimum absolute atomic E-state index is 0.201. The van der Waals surface area contributed by atoms with E-state index in [4.69, 9.17) is 0 Å². The minimum Gasteiger partial charge on any atom is -0.0861 e. The lowest BCUT2D eigenvalue weighted by Gasteiger charge is -1.95. The average Bonchev–Trinajstić information content (AvgIpc) is 2.90. The first-order valence-electron chi connectivity index (χ1n) is 5.25. The summed E-state index contributed by atoms with van der Waals surface area (Å²) in [5.41, 5.74) is 2.51. The van der Waals surface area contributed by atoms with Crippen LogP contribution in [0.5, 0.6) is 0 Å². The van der Waals surface area contributed by atoms with E-state index in [1.54, 1.807) is 4.80 Å². The maximum absolute atomic E-state index is 4.48. The third-order valence-corrected chi connectivity index (χ3v) is 3.18. The smallest absolute Gasteiger partial charge is 0.0861 e. The lowest BCUT2D eigenvalue weighted by atomic mass is 10.1. The number of aryl methyl sites for hydroxylation is 1. The van der Waals surface area contributed by atoms with Crippen molar-refractivity contribution >= 4 is 11.6 Å². The van der Waals surface area contributed by atoms with Gasteiger partial charge in [-0.05, 0) is 0 Å². The Morgan fingerprint density at radius 2 is 2.25 bits per heavy atom. The Hall–Kier alpha value is -2.11. The molecule has 0 spiro atoms. The Morgan fingerprint density at radius 3 is 3.19 bits per heavy atom. The van der Waals surface area contributed by atoms with Gasteiger partial charge in [-0.2, -0.15) is 0 Å². The molecule has 0 saturated carbocycles. The zero-order valence-electron chi connectivity index (χ0n) is 8.78. The molecule has 1 atom stereocenters. The van der Waals surface area contributed by atoms with Gasteiger partial charge >= 0.3 is 12.1 Å². The quantitative estimate of drug-likeness (QED) is 0.603. The molecule has 4 rings (SSSR count). The van der Waals surface area contributed by atoms with Crippen LogP contribution in [-0.2, 0) is 13.5 Å². The number of hydrogen-bond acceptors (Lipinski definition) is 3. The van der Waals surface area contributed by atoms with Crippen molar-refractivity contribution in [2.24, 2.45) is 12.2 Å². The summed E-state index contributed by atoms with van der Waals surface area (Å²) in [5.74, 6) is 0.682. The number of fused-ring (bicyclic) bond motifs is 5. The van der Waals surface area contributed by atoms with Crippen molar-refractivity contribution in [3.8, 4) is 0 Å². The van der Waals surface area contributed by atoms with Crippen molar-refractivity contribution in [3.63, 3.8) is 0 Å². The van der Waals surface area contributed by atoms with Crippen molar-refractivity contribution in [2.45, 2.75) is 12.6 Å². The van der Waals surface area contributed by atoms with Crippen molar-refractivity contribution in [1.82, 2.24) is 15.1 Å². The van der Waals surface area contributed by atoms with Gasteiger partial charge in [0.1, 0.15) is 5.21 Å². The van der Waals surface area contributed by atoms with Crippen LogP contribution in [0.15, 0.2) is 29.4 Å². The summed E-state index contributed by atoms with van der Waals surface area (Å²) in [5, 5.41) is 12.5. The van der Waals surface area contributed by atoms with Gasteiger partial charge in [0.05, 0.1) is 18.6 Å². The molecule has 0 unspecified atom stereocenters. The summed E-state index contributed by atoms with van der Waals surface area (Å²) in [6.07, 6.45) is 1.16. The van der Waals surface area contributed by atoms with Gasteiger partial charge in [-0.25, -0.2) is 0 Å². The SMILES string of the molecule is Cn1nnc2[n+]1[C@@H]1Cc3ccccc3[N+]1=N2. The molecule has 3 heterocycles. The van der Waals surface area contributed by atoms with Crippen LogP contribution < -0.4 is 4.68 Å². The van der Waals surface area contributed by atoms with Gasteiger partial charge < -0.3 is 0 Å². The lowest BCUT2D eigenvalue weighted by Crippen LogP contribution is -2.46. The monoisotopic (exact) mass is 214 g/mol. The summed E-state index contributed by atoms with van der Waals surface area (Å²) in [4.78, 5) is 1.75. The number of tetrazole rings is 1. The molecule has 0 fully saturated rings. The molecule has 6 nitrogen and oxygen atoms in total. The molecular weight excluding hydrogens is 204 g/mol. The van der Waals surface area contributed by atoms with E-state index in [1.165, 1.54) is 11.3 Å². The number of nitrogens with zero attached hydrogens (tertiary/aromatic N) is 6. The average molecular weight is 214 g/mol. The van der Waals surface area contributed by atoms with E-state index in [-0.39, 0.29) is 6.17 Å². The third kappa shape index (κ3) is 0.804. The number of aromatic nitrogens is 4. The van der Waals surface area contributed by atoms with Crippen LogP contribution in [-0.4, -0.2) is 19.8 Å². The van der Waals surface area contributed by atoms with Crippen LogP contribution in [0, 0.1) is 0 Å². The molecule has 0 bridgehead atoms. The number of hydrogen-bond donors (Lipinski definition) is 0. The molecular formula is C10H10N6+2. The van der Waals surface area contributed by atoms with Crippen LogP contribution in [0.4, 0.5) is 11.6 Å². The normalized spacial score (nSPS) is 20.3. The standard InChI is InChI=1S/C10H10N6/c1-14-13-11-10-12-15-8-5-3-2-4-7(8)6-9(15)16(10)14/h2-5,9H,6H2,1H3/q+2/t9-/m1/s1. The first-order valence-corrected chi connectivity index (χ1v) is 5.25. The Balaban J connectivity index is 1.96. The highest BCUT2D eigenvalue weighted by Gasteiger charge is 2.51. The second-order valence-corrected chi connectivity index (χ2v) is 4.08. The Morgan fingerprint density at radius 1 is 1.38 bits per heavy atom. The number of azo groups is 2. The molecule has 6 heteroatoms. The zero-order valence-corrected chi connectivity index (χ0v) is 8.78. The van der Waals surface area contributed by atoms with Gasteiger partial charge in [-0.15, -0.1) is 0 Å². The predicted molar refractivity (Wildman–Crippen MR) is 52.4 cm³/mol. The Bertz CT molecular complexity index is 626. The van der Waals surface area contributed by atoms with E-state index >= 15 is 0 Å². The van der Waals surface area contributed by atoms with Crippen LogP contribution in [0.25, 0.3) is 0 Å². The highest BCUT2D eigenvalue weighted by atomic mass is 15.7. The van der Waals surface area contributed by atoms with Crippen molar-refractivity contribution in [1.29, 1.82) is 0 Å². The highest BCUT2D eigenvalue weighted by molar-refractivity contribution is 5.42. The third-order valence-electron chi connectivity index (χ3n) is 3.18. The molecule has 1 aromatic heterocycles. The summed E-state index contributed by atoms with van der Waals surface area (Å²) < 4.78 is 4.04. The zero-order chi connectivity index (χ0) is 10.7. The van der Waals surface area contributed by atoms with Crippen LogP contribution in [0.1, 0.15) is 11.7 Å². The fourth-order valence-electron chi connectivity index (χ4n) is 2.47. The minimum atomic E-state index is 0.201. The highest BCUT2D eigenvalue weighted by Crippen LogP contribution is 2.37. The van der Waals surface area contributed by atoms with Gasteiger partial charge in [-0.1, -0.05) is 27.7 Å². The fraction of sp³-hybridized carbons (Fsp3) is 0.300. The molecule has 0 aliphatic carbocycles. The first kappa shape index (κ1) is 8.09. The Kier molecular flexibility index (Phi) is 1.27. The van der Waals surface area contributed by atoms with E-state index in [2.05, 4.69) is 33.6 Å². The molecule has 2 aromatic rings. The van der Waals surface area contributed by atoms with E-state index < -0.39 is 0 Å². The Labute approximate surface area is 91.4 Å². The maximum Gasteiger partial charge on any atom is 0.506 e. The van der Waals surface area contributed by atoms with Crippen LogP contribution in [0.3, 0.4) is 0 Å². The number of para-hydroxylation sites is 1. The van der Waals surface area contributed by atoms with Crippen molar-refractivity contribution < 1.29 is 9.38 Å².